The Balaban J connectivity index is 1.97. The highest BCUT2D eigenvalue weighted by molar-refractivity contribution is 7.92. The van der Waals surface area contributed by atoms with Crippen molar-refractivity contribution in [3.05, 3.63) is 82.9 Å². The summed E-state index contributed by atoms with van der Waals surface area (Å²) in [5, 5.41) is 4.46. The molecule has 36 heavy (non-hydrogen) atoms. The zero-order valence-electron chi connectivity index (χ0n) is 19.1. The van der Waals surface area contributed by atoms with Crippen LogP contribution in [-0.4, -0.2) is 26.8 Å². The third-order valence-electron chi connectivity index (χ3n) is 4.93. The lowest BCUT2D eigenvalue weighted by Crippen LogP contribution is -2.38. The van der Waals surface area contributed by atoms with Crippen LogP contribution >= 0.6 is 11.6 Å². The Hall–Kier alpha value is -3.57. The van der Waals surface area contributed by atoms with Crippen molar-refractivity contribution in [2.24, 2.45) is 0 Å². The Morgan fingerprint density at radius 2 is 1.47 bits per heavy atom. The van der Waals surface area contributed by atoms with Gasteiger partial charge in [0.2, 0.25) is 11.8 Å². The van der Waals surface area contributed by atoms with Crippen LogP contribution in [0.2, 0.25) is 5.02 Å². The molecule has 0 aliphatic heterocycles. The molecule has 0 saturated heterocycles. The van der Waals surface area contributed by atoms with Crippen molar-refractivity contribution in [3.63, 3.8) is 0 Å². The van der Waals surface area contributed by atoms with E-state index in [1.54, 1.807) is 6.92 Å². The second-order valence-electron chi connectivity index (χ2n) is 7.79. The van der Waals surface area contributed by atoms with Crippen molar-refractivity contribution in [2.75, 3.05) is 21.5 Å². The van der Waals surface area contributed by atoms with Gasteiger partial charge in [0.1, 0.15) is 6.54 Å². The van der Waals surface area contributed by atoms with E-state index in [-0.39, 0.29) is 22.2 Å². The summed E-state index contributed by atoms with van der Waals surface area (Å²) in [4.78, 5) is 23.7. The number of hydrogen-bond acceptors (Lipinski definition) is 4. The average molecular weight is 540 g/mol. The third-order valence-corrected chi connectivity index (χ3v) is 7.05. The zero-order chi connectivity index (χ0) is 26.7. The highest BCUT2D eigenvalue weighted by atomic mass is 35.5. The largest absolute Gasteiger partial charge is 0.417 e. The first kappa shape index (κ1) is 27.0. The van der Waals surface area contributed by atoms with Crippen molar-refractivity contribution in [1.29, 1.82) is 0 Å². The van der Waals surface area contributed by atoms with Gasteiger partial charge in [-0.2, -0.15) is 13.2 Å². The van der Waals surface area contributed by atoms with Crippen LogP contribution < -0.4 is 14.9 Å². The lowest BCUT2D eigenvalue weighted by atomic mass is 10.2. The third kappa shape index (κ3) is 6.55. The second-order valence-corrected chi connectivity index (χ2v) is 10.1. The summed E-state index contributed by atoms with van der Waals surface area (Å²) in [6.45, 7) is 2.26. The molecule has 0 atom stereocenters. The van der Waals surface area contributed by atoms with Crippen LogP contribution in [0.25, 0.3) is 0 Å². The van der Waals surface area contributed by atoms with E-state index in [4.69, 9.17) is 11.6 Å². The first-order valence-corrected chi connectivity index (χ1v) is 12.2. The minimum absolute atomic E-state index is 0.205. The molecule has 190 valence electrons. The fourth-order valence-corrected chi connectivity index (χ4v) is 4.85. The standard InChI is InChI=1S/C24H21ClF3N3O4S/c1-15-3-10-20(11-4-15)36(34,35)31(19-9-12-22(25)21(13-19)24(26,27)28)14-23(33)30-18-7-5-17(6-8-18)29-16(2)32/h3-13H,14H2,1-2H3,(H,29,32)(H,30,33). The average Bonchev–Trinajstić information content (AvgIpc) is 2.78. The number of amides is 2. The molecule has 0 saturated carbocycles. The van der Waals surface area contributed by atoms with Gasteiger partial charge in [0.25, 0.3) is 10.0 Å². The van der Waals surface area contributed by atoms with Crippen LogP contribution in [-0.2, 0) is 25.8 Å². The van der Waals surface area contributed by atoms with Gasteiger partial charge in [0, 0.05) is 18.3 Å². The van der Waals surface area contributed by atoms with Gasteiger partial charge < -0.3 is 10.6 Å². The van der Waals surface area contributed by atoms with Gasteiger partial charge in [-0.15, -0.1) is 0 Å². The Bertz CT molecular complexity index is 1380. The molecule has 0 heterocycles. The van der Waals surface area contributed by atoms with E-state index >= 15 is 0 Å². The molecule has 0 unspecified atom stereocenters. The van der Waals surface area contributed by atoms with Crippen LogP contribution in [0.3, 0.4) is 0 Å². The molecule has 0 aliphatic rings. The van der Waals surface area contributed by atoms with E-state index in [1.807, 2.05) is 0 Å². The Morgan fingerprint density at radius 3 is 2.00 bits per heavy atom. The summed E-state index contributed by atoms with van der Waals surface area (Å²) in [6, 6.07) is 14.3. The minimum atomic E-state index is -4.84. The molecular weight excluding hydrogens is 519 g/mol. The van der Waals surface area contributed by atoms with Crippen molar-refractivity contribution >= 4 is 50.5 Å². The van der Waals surface area contributed by atoms with Gasteiger partial charge in [-0.3, -0.25) is 13.9 Å². The molecule has 0 fully saturated rings. The van der Waals surface area contributed by atoms with Gasteiger partial charge >= 0.3 is 6.18 Å². The minimum Gasteiger partial charge on any atom is -0.326 e. The summed E-state index contributed by atoms with van der Waals surface area (Å²) in [7, 11) is -4.44. The number of benzene rings is 3. The number of alkyl halides is 3. The van der Waals surface area contributed by atoms with E-state index in [1.165, 1.54) is 55.5 Å². The first-order chi connectivity index (χ1) is 16.8. The summed E-state index contributed by atoms with van der Waals surface area (Å²) in [5.74, 6) is -1.09. The smallest absolute Gasteiger partial charge is 0.326 e. The summed E-state index contributed by atoms with van der Waals surface area (Å²) < 4.78 is 67.8. The van der Waals surface area contributed by atoms with Crippen molar-refractivity contribution < 1.29 is 31.2 Å². The van der Waals surface area contributed by atoms with Gasteiger partial charge in [-0.05, 0) is 61.5 Å². The fourth-order valence-electron chi connectivity index (χ4n) is 3.21. The molecular formula is C24H21ClF3N3O4S. The van der Waals surface area contributed by atoms with Crippen LogP contribution in [0.4, 0.5) is 30.2 Å². The quantitative estimate of drug-likeness (QED) is 0.417. The van der Waals surface area contributed by atoms with Crippen LogP contribution in [0.15, 0.2) is 71.6 Å². The number of carbonyl (C=O) groups excluding carboxylic acids is 2. The number of nitrogens with one attached hydrogen (secondary N) is 2. The summed E-state index contributed by atoms with van der Waals surface area (Å²) in [5.41, 5.74) is -0.0891. The molecule has 0 radical (unpaired) electrons. The van der Waals surface area contributed by atoms with Gasteiger partial charge in [-0.25, -0.2) is 8.42 Å². The lowest BCUT2D eigenvalue weighted by molar-refractivity contribution is -0.137. The number of hydrogen-bond donors (Lipinski definition) is 2. The highest BCUT2D eigenvalue weighted by Crippen LogP contribution is 2.38. The monoisotopic (exact) mass is 539 g/mol. The van der Waals surface area contributed by atoms with Crippen LogP contribution in [0.5, 0.6) is 0 Å². The Morgan fingerprint density at radius 1 is 0.917 bits per heavy atom. The summed E-state index contributed by atoms with van der Waals surface area (Å²) >= 11 is 5.70. The molecule has 2 amide bonds. The fraction of sp³-hybridized carbons (Fsp3) is 0.167. The molecule has 0 aliphatic carbocycles. The number of rotatable bonds is 7. The van der Waals surface area contributed by atoms with Crippen LogP contribution in [0, 0.1) is 6.92 Å². The van der Waals surface area contributed by atoms with Gasteiger partial charge in [-0.1, -0.05) is 29.3 Å². The van der Waals surface area contributed by atoms with E-state index in [9.17, 15) is 31.2 Å². The number of sulfonamides is 1. The molecule has 3 aromatic rings. The number of nitrogens with zero attached hydrogens (tertiary/aromatic N) is 1. The zero-order valence-corrected chi connectivity index (χ0v) is 20.6. The molecule has 3 rings (SSSR count). The van der Waals surface area contributed by atoms with Crippen LogP contribution in [0.1, 0.15) is 18.1 Å². The normalized spacial score (nSPS) is 11.6. The first-order valence-electron chi connectivity index (χ1n) is 10.4. The van der Waals surface area contributed by atoms with E-state index < -0.39 is 39.2 Å². The molecule has 0 bridgehead atoms. The maximum Gasteiger partial charge on any atom is 0.417 e. The number of anilines is 3. The highest BCUT2D eigenvalue weighted by Gasteiger charge is 2.35. The van der Waals surface area contributed by atoms with Crippen molar-refractivity contribution in [2.45, 2.75) is 24.9 Å². The molecule has 12 heteroatoms. The van der Waals surface area contributed by atoms with Crippen molar-refractivity contribution in [1.82, 2.24) is 0 Å². The topological polar surface area (TPSA) is 95.6 Å². The van der Waals surface area contributed by atoms with Gasteiger partial charge in [0.05, 0.1) is 21.2 Å². The van der Waals surface area contributed by atoms with E-state index in [2.05, 4.69) is 10.6 Å². The van der Waals surface area contributed by atoms with E-state index in [0.717, 1.165) is 17.7 Å². The Labute approximate surface area is 210 Å². The summed E-state index contributed by atoms with van der Waals surface area (Å²) in [6.07, 6.45) is -4.84. The van der Waals surface area contributed by atoms with E-state index in [0.29, 0.717) is 16.1 Å². The van der Waals surface area contributed by atoms with Gasteiger partial charge in [0.15, 0.2) is 0 Å². The molecule has 3 aromatic carbocycles. The number of halogens is 4. The predicted octanol–water partition coefficient (Wildman–Crippen LogP) is 5.46. The Kier molecular flexibility index (Phi) is 7.95. The lowest BCUT2D eigenvalue weighted by Gasteiger charge is -2.25. The SMILES string of the molecule is CC(=O)Nc1ccc(NC(=O)CN(c2ccc(Cl)c(C(F)(F)F)c2)S(=O)(=O)c2ccc(C)cc2)cc1. The molecule has 0 aromatic heterocycles. The molecule has 0 spiro atoms. The van der Waals surface area contributed by atoms with Crippen molar-refractivity contribution in [3.8, 4) is 0 Å². The molecule has 2 N–H and O–H groups in total. The number of carbonyl (C=O) groups is 2. The predicted molar refractivity (Wildman–Crippen MR) is 132 cm³/mol. The maximum absolute atomic E-state index is 13.5. The maximum atomic E-state index is 13.5. The number of aryl methyl sites for hydroxylation is 1. The second kappa shape index (κ2) is 10.6. The molecule has 7 nitrogen and oxygen atoms in total.